The van der Waals surface area contributed by atoms with E-state index in [4.69, 9.17) is 0 Å². The first-order chi connectivity index (χ1) is 13.5. The van der Waals surface area contributed by atoms with Gasteiger partial charge in [-0.3, -0.25) is 19.6 Å². The third-order valence-corrected chi connectivity index (χ3v) is 6.70. The zero-order chi connectivity index (χ0) is 19.2. The van der Waals surface area contributed by atoms with Gasteiger partial charge in [0.25, 0.3) is 11.8 Å². The molecule has 4 fully saturated rings. The summed E-state index contributed by atoms with van der Waals surface area (Å²) in [6, 6.07) is 6.99. The lowest BCUT2D eigenvalue weighted by Crippen LogP contribution is -2.69. The minimum absolute atomic E-state index is 0.0417. The number of nitrogens with one attached hydrogen (secondary N) is 2. The van der Waals surface area contributed by atoms with E-state index in [1.54, 1.807) is 49.1 Å². The Labute approximate surface area is 164 Å². The van der Waals surface area contributed by atoms with Crippen LogP contribution >= 0.6 is 0 Å². The SMILES string of the molecule is O=C(NC12CC3CC(C1)CC(NC(=O)c1ccncc1)(C3)C2)c1ccncc1. The van der Waals surface area contributed by atoms with Gasteiger partial charge in [0.2, 0.25) is 0 Å². The summed E-state index contributed by atoms with van der Waals surface area (Å²) in [7, 11) is 0. The van der Waals surface area contributed by atoms with Gasteiger partial charge in [0.05, 0.1) is 0 Å². The normalized spacial score (nSPS) is 32.7. The van der Waals surface area contributed by atoms with Crippen LogP contribution in [0.3, 0.4) is 0 Å². The average molecular weight is 376 g/mol. The highest BCUT2D eigenvalue weighted by atomic mass is 16.2. The molecule has 6 rings (SSSR count). The Morgan fingerprint density at radius 2 is 1.14 bits per heavy atom. The van der Waals surface area contributed by atoms with Crippen LogP contribution in [0.25, 0.3) is 0 Å². The van der Waals surface area contributed by atoms with Gasteiger partial charge in [-0.25, -0.2) is 0 Å². The number of pyridine rings is 2. The highest BCUT2D eigenvalue weighted by Gasteiger charge is 2.58. The minimum atomic E-state index is -0.226. The molecule has 2 heterocycles. The van der Waals surface area contributed by atoms with Gasteiger partial charge in [-0.15, -0.1) is 0 Å². The molecule has 6 heteroatoms. The fourth-order valence-electron chi connectivity index (χ4n) is 6.19. The number of amides is 2. The van der Waals surface area contributed by atoms with Gasteiger partial charge in [0.1, 0.15) is 0 Å². The number of hydrogen-bond donors (Lipinski definition) is 2. The van der Waals surface area contributed by atoms with Crippen LogP contribution in [0.15, 0.2) is 49.1 Å². The van der Waals surface area contributed by atoms with E-state index in [0.29, 0.717) is 23.0 Å². The first-order valence-electron chi connectivity index (χ1n) is 10.00. The van der Waals surface area contributed by atoms with Crippen LogP contribution in [-0.2, 0) is 0 Å². The number of aromatic nitrogens is 2. The van der Waals surface area contributed by atoms with Gasteiger partial charge in [-0.1, -0.05) is 0 Å². The molecule has 0 atom stereocenters. The zero-order valence-electron chi connectivity index (χ0n) is 15.7. The predicted octanol–water partition coefficient (Wildman–Crippen LogP) is 2.73. The Kier molecular flexibility index (Phi) is 3.96. The first-order valence-corrected chi connectivity index (χ1v) is 10.00. The predicted molar refractivity (Wildman–Crippen MR) is 104 cm³/mol. The second kappa shape index (κ2) is 6.40. The summed E-state index contributed by atoms with van der Waals surface area (Å²) in [4.78, 5) is 33.7. The van der Waals surface area contributed by atoms with Crippen molar-refractivity contribution in [1.82, 2.24) is 20.6 Å². The number of nitrogens with zero attached hydrogens (tertiary/aromatic N) is 2. The van der Waals surface area contributed by atoms with Crippen LogP contribution in [0, 0.1) is 11.8 Å². The van der Waals surface area contributed by atoms with Gasteiger partial charge in [0.15, 0.2) is 0 Å². The molecule has 144 valence electrons. The van der Waals surface area contributed by atoms with Gasteiger partial charge < -0.3 is 10.6 Å². The van der Waals surface area contributed by atoms with E-state index >= 15 is 0 Å². The third kappa shape index (κ3) is 3.07. The Bertz CT molecular complexity index is 814. The fourth-order valence-corrected chi connectivity index (χ4v) is 6.19. The molecule has 0 saturated heterocycles. The molecule has 0 aromatic carbocycles. The van der Waals surface area contributed by atoms with Crippen molar-refractivity contribution in [3.05, 3.63) is 60.2 Å². The van der Waals surface area contributed by atoms with E-state index < -0.39 is 0 Å². The van der Waals surface area contributed by atoms with Crippen LogP contribution in [0.2, 0.25) is 0 Å². The molecule has 2 aromatic rings. The molecular formula is C22H24N4O2. The van der Waals surface area contributed by atoms with Crippen molar-refractivity contribution in [2.24, 2.45) is 11.8 Å². The van der Waals surface area contributed by atoms with E-state index in [1.807, 2.05) is 0 Å². The molecule has 0 radical (unpaired) electrons. The van der Waals surface area contributed by atoms with Crippen LogP contribution < -0.4 is 10.6 Å². The molecule has 2 aromatic heterocycles. The van der Waals surface area contributed by atoms with Crippen molar-refractivity contribution in [1.29, 1.82) is 0 Å². The summed E-state index contributed by atoms with van der Waals surface area (Å²) in [6.45, 7) is 0. The first kappa shape index (κ1) is 17.3. The van der Waals surface area contributed by atoms with Gasteiger partial charge in [-0.05, 0) is 74.6 Å². The maximum atomic E-state index is 12.8. The zero-order valence-corrected chi connectivity index (χ0v) is 15.7. The molecule has 2 amide bonds. The van der Waals surface area contributed by atoms with Crippen LogP contribution in [0.4, 0.5) is 0 Å². The van der Waals surface area contributed by atoms with Crippen LogP contribution in [-0.4, -0.2) is 32.9 Å². The molecule has 4 aliphatic carbocycles. The molecule has 2 N–H and O–H groups in total. The molecular weight excluding hydrogens is 352 g/mol. The van der Waals surface area contributed by atoms with E-state index in [2.05, 4.69) is 20.6 Å². The van der Waals surface area contributed by atoms with Gasteiger partial charge >= 0.3 is 0 Å². The standard InChI is InChI=1S/C22H24N4O2/c27-19(17-1-5-23-6-2-17)25-21-10-15-9-16(11-21)13-22(12-15,14-21)26-20(28)18-3-7-24-8-4-18/h1-8,15-16H,9-14H2,(H,25,27)(H,26,28). The highest BCUT2D eigenvalue weighted by Crippen LogP contribution is 2.57. The van der Waals surface area contributed by atoms with Crippen molar-refractivity contribution < 1.29 is 9.59 Å². The molecule has 0 unspecified atom stereocenters. The average Bonchev–Trinajstić information content (AvgIpc) is 2.67. The summed E-state index contributed by atoms with van der Waals surface area (Å²) in [5.74, 6) is 1.02. The molecule has 28 heavy (non-hydrogen) atoms. The largest absolute Gasteiger partial charge is 0.346 e. The molecule has 4 saturated carbocycles. The lowest BCUT2D eigenvalue weighted by atomic mass is 9.49. The summed E-state index contributed by atoms with van der Waals surface area (Å²) < 4.78 is 0. The smallest absolute Gasteiger partial charge is 0.251 e. The topological polar surface area (TPSA) is 84.0 Å². The van der Waals surface area contributed by atoms with Crippen molar-refractivity contribution in [3.8, 4) is 0 Å². The quantitative estimate of drug-likeness (QED) is 0.859. The summed E-state index contributed by atoms with van der Waals surface area (Å²) >= 11 is 0. The van der Waals surface area contributed by atoms with Crippen molar-refractivity contribution in [3.63, 3.8) is 0 Å². The number of carbonyl (C=O) groups excluding carboxylic acids is 2. The fraction of sp³-hybridized carbons (Fsp3) is 0.455. The lowest BCUT2D eigenvalue weighted by molar-refractivity contribution is -0.0448. The van der Waals surface area contributed by atoms with Crippen LogP contribution in [0.1, 0.15) is 59.2 Å². The molecule has 4 bridgehead atoms. The Balaban J connectivity index is 1.38. The molecule has 0 spiro atoms. The lowest BCUT2D eigenvalue weighted by Gasteiger charge is -2.62. The van der Waals surface area contributed by atoms with Gasteiger partial charge in [-0.2, -0.15) is 0 Å². The number of rotatable bonds is 4. The van der Waals surface area contributed by atoms with Gasteiger partial charge in [0, 0.05) is 47.0 Å². The van der Waals surface area contributed by atoms with Crippen molar-refractivity contribution in [2.45, 2.75) is 49.6 Å². The Morgan fingerprint density at radius 3 is 1.54 bits per heavy atom. The number of hydrogen-bond acceptors (Lipinski definition) is 4. The maximum absolute atomic E-state index is 12.8. The Hall–Kier alpha value is -2.76. The molecule has 4 aliphatic rings. The van der Waals surface area contributed by atoms with E-state index in [0.717, 1.165) is 32.1 Å². The second-order valence-corrected chi connectivity index (χ2v) is 8.90. The molecule has 6 nitrogen and oxygen atoms in total. The van der Waals surface area contributed by atoms with E-state index in [-0.39, 0.29) is 22.9 Å². The minimum Gasteiger partial charge on any atom is -0.346 e. The summed E-state index contributed by atoms with van der Waals surface area (Å²) in [5.41, 5.74) is 0.826. The summed E-state index contributed by atoms with van der Waals surface area (Å²) in [5, 5.41) is 6.70. The van der Waals surface area contributed by atoms with E-state index in [1.165, 1.54) is 6.42 Å². The third-order valence-electron chi connectivity index (χ3n) is 6.70. The Morgan fingerprint density at radius 1 is 0.750 bits per heavy atom. The summed E-state index contributed by atoms with van der Waals surface area (Å²) in [6.07, 6.45) is 12.6. The van der Waals surface area contributed by atoms with Crippen molar-refractivity contribution >= 4 is 11.8 Å². The maximum Gasteiger partial charge on any atom is 0.251 e. The van der Waals surface area contributed by atoms with Crippen LogP contribution in [0.5, 0.6) is 0 Å². The number of carbonyl (C=O) groups is 2. The monoisotopic (exact) mass is 376 g/mol. The highest BCUT2D eigenvalue weighted by molar-refractivity contribution is 5.95. The molecule has 0 aliphatic heterocycles. The van der Waals surface area contributed by atoms with E-state index in [9.17, 15) is 9.59 Å². The van der Waals surface area contributed by atoms with Crippen molar-refractivity contribution in [2.75, 3.05) is 0 Å². The second-order valence-electron chi connectivity index (χ2n) is 8.90.